The van der Waals surface area contributed by atoms with Gasteiger partial charge in [-0.25, -0.2) is 0 Å². The molecular weight excluding hydrogens is 364 g/mol. The first-order valence-electron chi connectivity index (χ1n) is 9.30. The van der Waals surface area contributed by atoms with Gasteiger partial charge in [0.05, 0.1) is 6.04 Å². The fraction of sp³-hybridized carbons (Fsp3) is 0.476. The van der Waals surface area contributed by atoms with Crippen LogP contribution in [0.3, 0.4) is 0 Å². The molecule has 0 aliphatic carbocycles. The minimum Gasteiger partial charge on any atom is -0.484 e. The summed E-state index contributed by atoms with van der Waals surface area (Å²) in [6, 6.07) is 9.93. The molecule has 27 heavy (non-hydrogen) atoms. The van der Waals surface area contributed by atoms with Crippen LogP contribution in [0.2, 0.25) is 0 Å². The largest absolute Gasteiger partial charge is 0.484 e. The second-order valence-corrected chi connectivity index (χ2v) is 7.05. The Labute approximate surface area is 167 Å². The Kier molecular flexibility index (Phi) is 7.75. The van der Waals surface area contributed by atoms with Crippen molar-refractivity contribution in [3.63, 3.8) is 0 Å². The molecule has 2 heterocycles. The molecule has 1 aliphatic rings. The number of hydrogen-bond acceptors (Lipinski definition) is 4. The number of furan rings is 1. The number of hydrogen-bond donors (Lipinski definition) is 1. The highest BCUT2D eigenvalue weighted by molar-refractivity contribution is 5.85. The Hall–Kier alpha value is -1.98. The monoisotopic (exact) mass is 392 g/mol. The number of nitrogens with one attached hydrogen (secondary N) is 1. The highest BCUT2D eigenvalue weighted by Gasteiger charge is 2.26. The average molecular weight is 393 g/mol. The van der Waals surface area contributed by atoms with Gasteiger partial charge >= 0.3 is 0 Å². The third-order valence-corrected chi connectivity index (χ3v) is 5.01. The predicted molar refractivity (Wildman–Crippen MR) is 109 cm³/mol. The molecule has 1 N–H and O–H groups in total. The van der Waals surface area contributed by atoms with Gasteiger partial charge in [-0.3, -0.25) is 9.69 Å². The van der Waals surface area contributed by atoms with Gasteiger partial charge in [0.25, 0.3) is 5.91 Å². The van der Waals surface area contributed by atoms with Gasteiger partial charge in [-0.05, 0) is 82.1 Å². The highest BCUT2D eigenvalue weighted by atomic mass is 35.5. The minimum absolute atomic E-state index is 0. The Morgan fingerprint density at radius 2 is 1.89 bits per heavy atom. The molecule has 0 radical (unpaired) electrons. The molecule has 0 spiro atoms. The van der Waals surface area contributed by atoms with Crippen molar-refractivity contribution in [3.8, 4) is 5.75 Å². The van der Waals surface area contributed by atoms with Crippen LogP contribution in [0.25, 0.3) is 0 Å². The van der Waals surface area contributed by atoms with E-state index in [4.69, 9.17) is 9.15 Å². The molecular formula is C21H29ClN2O3. The van der Waals surface area contributed by atoms with Crippen molar-refractivity contribution in [2.45, 2.75) is 39.7 Å². The molecule has 1 saturated heterocycles. The lowest BCUT2D eigenvalue weighted by Crippen LogP contribution is -2.38. The lowest BCUT2D eigenvalue weighted by molar-refractivity contribution is -0.123. The van der Waals surface area contributed by atoms with E-state index in [1.165, 1.54) is 18.4 Å². The average Bonchev–Trinajstić information content (AvgIpc) is 3.29. The molecule has 0 bridgehead atoms. The van der Waals surface area contributed by atoms with Crippen molar-refractivity contribution in [2.24, 2.45) is 0 Å². The molecule has 2 aromatic rings. The molecule has 1 aromatic heterocycles. The first kappa shape index (κ1) is 21.3. The predicted octanol–water partition coefficient (Wildman–Crippen LogP) is 3.96. The van der Waals surface area contributed by atoms with Gasteiger partial charge in [-0.1, -0.05) is 6.07 Å². The molecule has 148 valence electrons. The van der Waals surface area contributed by atoms with E-state index in [-0.39, 0.29) is 31.0 Å². The van der Waals surface area contributed by atoms with E-state index < -0.39 is 0 Å². The molecule has 6 heteroatoms. The van der Waals surface area contributed by atoms with Crippen LogP contribution in [0.4, 0.5) is 0 Å². The summed E-state index contributed by atoms with van der Waals surface area (Å²) >= 11 is 0. The fourth-order valence-corrected chi connectivity index (χ4v) is 3.31. The zero-order valence-electron chi connectivity index (χ0n) is 16.3. The maximum Gasteiger partial charge on any atom is 0.258 e. The van der Waals surface area contributed by atoms with Gasteiger partial charge in [0.15, 0.2) is 6.61 Å². The van der Waals surface area contributed by atoms with E-state index in [0.717, 1.165) is 35.9 Å². The first-order chi connectivity index (χ1) is 12.5. The molecule has 1 aromatic carbocycles. The van der Waals surface area contributed by atoms with Gasteiger partial charge < -0.3 is 14.5 Å². The number of aryl methyl sites for hydroxylation is 3. The third-order valence-electron chi connectivity index (χ3n) is 5.01. The first-order valence-corrected chi connectivity index (χ1v) is 9.30. The number of carbonyl (C=O) groups excluding carboxylic acids is 1. The van der Waals surface area contributed by atoms with E-state index in [1.54, 1.807) is 0 Å². The van der Waals surface area contributed by atoms with Gasteiger partial charge in [0, 0.05) is 6.54 Å². The number of rotatable bonds is 7. The molecule has 5 nitrogen and oxygen atoms in total. The van der Waals surface area contributed by atoms with E-state index in [9.17, 15) is 4.79 Å². The standard InChI is InChI=1S/C21H28N2O3.ClH/c1-15-6-8-18(12-16(15)2)25-14-21(24)22-13-19(23-10-4-5-11-23)20-9-7-17(3)26-20;/h6-9,12,19H,4-5,10-11,13-14H2,1-3H3,(H,22,24);1H. The summed E-state index contributed by atoms with van der Waals surface area (Å²) < 4.78 is 11.4. The van der Waals surface area contributed by atoms with Crippen LogP contribution in [0, 0.1) is 20.8 Å². The van der Waals surface area contributed by atoms with Crippen LogP contribution in [0.15, 0.2) is 34.7 Å². The summed E-state index contributed by atoms with van der Waals surface area (Å²) in [5.74, 6) is 2.42. The quantitative estimate of drug-likeness (QED) is 0.774. The number of amides is 1. The number of halogens is 1. The Balaban J connectivity index is 0.00000261. The molecule has 1 atom stereocenters. The van der Waals surface area contributed by atoms with Crippen molar-refractivity contribution in [3.05, 3.63) is 53.0 Å². The Bertz CT molecular complexity index is 754. The van der Waals surface area contributed by atoms with Crippen molar-refractivity contribution in [2.75, 3.05) is 26.2 Å². The number of likely N-dealkylation sites (tertiary alicyclic amines) is 1. The lowest BCUT2D eigenvalue weighted by Gasteiger charge is -2.26. The number of carbonyl (C=O) groups is 1. The third kappa shape index (κ3) is 5.75. The van der Waals surface area contributed by atoms with Crippen LogP contribution >= 0.6 is 12.4 Å². The lowest BCUT2D eigenvalue weighted by atomic mass is 10.1. The van der Waals surface area contributed by atoms with Crippen LogP contribution < -0.4 is 10.1 Å². The topological polar surface area (TPSA) is 54.7 Å². The van der Waals surface area contributed by atoms with Crippen molar-refractivity contribution in [1.82, 2.24) is 10.2 Å². The van der Waals surface area contributed by atoms with Crippen molar-refractivity contribution in [1.29, 1.82) is 0 Å². The van der Waals surface area contributed by atoms with Gasteiger partial charge in [0.1, 0.15) is 17.3 Å². The van der Waals surface area contributed by atoms with Gasteiger partial charge in [-0.2, -0.15) is 0 Å². The number of nitrogens with zero attached hydrogens (tertiary/aromatic N) is 1. The zero-order valence-corrected chi connectivity index (χ0v) is 17.1. The summed E-state index contributed by atoms with van der Waals surface area (Å²) in [7, 11) is 0. The Morgan fingerprint density at radius 3 is 2.52 bits per heavy atom. The van der Waals surface area contributed by atoms with Crippen LogP contribution in [0.5, 0.6) is 5.75 Å². The SMILES string of the molecule is Cc1ccc(C(CNC(=O)COc2ccc(C)c(C)c2)N2CCCC2)o1.Cl. The van der Waals surface area contributed by atoms with E-state index in [2.05, 4.69) is 17.1 Å². The van der Waals surface area contributed by atoms with E-state index in [1.807, 2.05) is 44.2 Å². The van der Waals surface area contributed by atoms with Gasteiger partial charge in [-0.15, -0.1) is 12.4 Å². The summed E-state index contributed by atoms with van der Waals surface area (Å²) in [6.07, 6.45) is 2.39. The molecule has 1 unspecified atom stereocenters. The maximum atomic E-state index is 12.2. The van der Waals surface area contributed by atoms with Crippen LogP contribution in [-0.4, -0.2) is 37.0 Å². The van der Waals surface area contributed by atoms with Gasteiger partial charge in [0.2, 0.25) is 0 Å². The van der Waals surface area contributed by atoms with Crippen molar-refractivity contribution >= 4 is 18.3 Å². The smallest absolute Gasteiger partial charge is 0.258 e. The highest BCUT2D eigenvalue weighted by Crippen LogP contribution is 2.26. The normalized spacial score (nSPS) is 15.2. The number of ether oxygens (including phenoxy) is 1. The van der Waals surface area contributed by atoms with Crippen LogP contribution in [-0.2, 0) is 4.79 Å². The molecule has 1 amide bonds. The minimum atomic E-state index is -0.115. The summed E-state index contributed by atoms with van der Waals surface area (Å²) in [5, 5.41) is 3.00. The fourth-order valence-electron chi connectivity index (χ4n) is 3.31. The summed E-state index contributed by atoms with van der Waals surface area (Å²) in [5.41, 5.74) is 2.37. The molecule has 1 fully saturated rings. The van der Waals surface area contributed by atoms with Crippen molar-refractivity contribution < 1.29 is 13.9 Å². The molecule has 1 aliphatic heterocycles. The summed E-state index contributed by atoms with van der Waals surface area (Å²) in [6.45, 7) is 8.67. The second-order valence-electron chi connectivity index (χ2n) is 7.05. The second kappa shape index (κ2) is 9.81. The maximum absolute atomic E-state index is 12.2. The summed E-state index contributed by atoms with van der Waals surface area (Å²) in [4.78, 5) is 14.6. The van der Waals surface area contributed by atoms with E-state index >= 15 is 0 Å². The molecule has 3 rings (SSSR count). The van der Waals surface area contributed by atoms with E-state index in [0.29, 0.717) is 6.54 Å². The van der Waals surface area contributed by atoms with Crippen LogP contribution in [0.1, 0.15) is 41.5 Å². The number of benzene rings is 1. The zero-order chi connectivity index (χ0) is 18.5. The molecule has 0 saturated carbocycles. The Morgan fingerprint density at radius 1 is 1.15 bits per heavy atom.